The Morgan fingerprint density at radius 1 is 0.949 bits per heavy atom. The number of anilines is 3. The Morgan fingerprint density at radius 2 is 1.64 bits per heavy atom. The molecule has 1 aliphatic carbocycles. The molecule has 308 valence electrons. The van der Waals surface area contributed by atoms with Crippen molar-refractivity contribution in [2.45, 2.75) is 60.6 Å². The van der Waals surface area contributed by atoms with Crippen LogP contribution in [-0.4, -0.2) is 118 Å². The van der Waals surface area contributed by atoms with Gasteiger partial charge in [-0.1, -0.05) is 30.3 Å². The summed E-state index contributed by atoms with van der Waals surface area (Å²) in [6.45, 7) is 0.615. The van der Waals surface area contributed by atoms with E-state index in [1.807, 2.05) is 29.2 Å². The van der Waals surface area contributed by atoms with Crippen molar-refractivity contribution in [1.82, 2.24) is 45.0 Å². The van der Waals surface area contributed by atoms with Crippen molar-refractivity contribution in [3.05, 3.63) is 96.1 Å². The van der Waals surface area contributed by atoms with Gasteiger partial charge in [0, 0.05) is 37.3 Å². The average molecular weight is 828 g/mol. The number of urea groups is 1. The molecule has 0 bridgehead atoms. The molecule has 4 heterocycles. The first-order chi connectivity index (χ1) is 28.3. The molecule has 59 heavy (non-hydrogen) atoms. The lowest BCUT2D eigenvalue weighted by molar-refractivity contribution is 0.00469. The summed E-state index contributed by atoms with van der Waals surface area (Å²) in [5.74, 6) is 0.685. The maximum absolute atomic E-state index is 13.0. The van der Waals surface area contributed by atoms with Crippen LogP contribution in [0.2, 0.25) is 0 Å². The minimum Gasteiger partial charge on any atom is -0.508 e. The summed E-state index contributed by atoms with van der Waals surface area (Å²) in [5, 5.41) is 78.1. The number of phenols is 2. The van der Waals surface area contributed by atoms with E-state index in [-0.39, 0.29) is 46.3 Å². The SMILES string of the molecule is NS(=O)(=O)c1cccc(NC(=O)NC2CCN(c3nc(NCC(c4ccc(O)cc4)c4ccc(O)cc4)c4ncn([C@@H]5C[C@H](n6nnc(CO)n6)[C@@H](O)[C@H]5O)c4n3)C2)c1. The number of sulfonamides is 1. The number of nitrogens with zero attached hydrogens (tertiary/aromatic N) is 9. The van der Waals surface area contributed by atoms with E-state index >= 15 is 0 Å². The minimum absolute atomic E-state index is 0.0707. The lowest BCUT2D eigenvalue weighted by Gasteiger charge is -2.22. The summed E-state index contributed by atoms with van der Waals surface area (Å²) in [6, 6.07) is 16.8. The summed E-state index contributed by atoms with van der Waals surface area (Å²) in [6.07, 6.45) is -0.354. The molecule has 1 saturated carbocycles. The second-order valence-electron chi connectivity index (χ2n) is 14.5. The number of phenolic OH excluding ortho intramolecular Hbond substituents is 2. The number of imidazole rings is 1. The van der Waals surface area contributed by atoms with Gasteiger partial charge in [0.2, 0.25) is 16.0 Å². The lowest BCUT2D eigenvalue weighted by Crippen LogP contribution is -2.40. The normalized spacial score (nSPS) is 20.7. The van der Waals surface area contributed by atoms with E-state index in [0.717, 1.165) is 11.1 Å². The van der Waals surface area contributed by atoms with Crippen LogP contribution < -0.4 is 26.0 Å². The lowest BCUT2D eigenvalue weighted by atomic mass is 9.91. The van der Waals surface area contributed by atoms with Crippen LogP contribution in [0, 0.1) is 0 Å². The first-order valence-corrected chi connectivity index (χ1v) is 20.2. The molecule has 1 saturated heterocycles. The first-order valence-electron chi connectivity index (χ1n) is 18.6. The number of aromatic hydroxyl groups is 2. The molecule has 2 amide bonds. The van der Waals surface area contributed by atoms with Crippen molar-refractivity contribution in [3.63, 3.8) is 0 Å². The number of aromatic nitrogens is 8. The maximum Gasteiger partial charge on any atom is 0.319 e. The highest BCUT2D eigenvalue weighted by atomic mass is 32.2. The number of rotatable bonds is 12. The van der Waals surface area contributed by atoms with Crippen molar-refractivity contribution in [1.29, 1.82) is 0 Å². The van der Waals surface area contributed by atoms with E-state index in [1.54, 1.807) is 34.9 Å². The van der Waals surface area contributed by atoms with Gasteiger partial charge in [0.25, 0.3) is 0 Å². The number of benzene rings is 3. The van der Waals surface area contributed by atoms with E-state index in [1.165, 1.54) is 29.3 Å². The first kappa shape index (κ1) is 39.4. The zero-order valence-corrected chi connectivity index (χ0v) is 32.0. The zero-order valence-electron chi connectivity index (χ0n) is 31.2. The number of hydrogen-bond donors (Lipinski definition) is 9. The molecule has 5 atom stereocenters. The Kier molecular flexibility index (Phi) is 10.7. The second-order valence-corrected chi connectivity index (χ2v) is 16.0. The van der Waals surface area contributed by atoms with Crippen LogP contribution in [0.25, 0.3) is 11.2 Å². The molecule has 6 aromatic rings. The molecule has 1 aliphatic heterocycles. The fourth-order valence-electron chi connectivity index (χ4n) is 7.57. The van der Waals surface area contributed by atoms with Crippen molar-refractivity contribution in [2.24, 2.45) is 5.14 Å². The topological polar surface area (TPSA) is 305 Å². The summed E-state index contributed by atoms with van der Waals surface area (Å²) in [5.41, 5.74) is 2.73. The number of aliphatic hydroxyl groups is 3. The molecule has 8 rings (SSSR count). The number of primary sulfonamides is 1. The van der Waals surface area contributed by atoms with Gasteiger partial charge in [0.15, 0.2) is 22.8 Å². The quantitative estimate of drug-likeness (QED) is 0.0828. The molecular weight excluding hydrogens is 787 g/mol. The Labute approximate surface area is 336 Å². The fourth-order valence-corrected chi connectivity index (χ4v) is 8.13. The Balaban J connectivity index is 1.09. The third-order valence-electron chi connectivity index (χ3n) is 10.6. The van der Waals surface area contributed by atoms with Gasteiger partial charge in [0.05, 0.1) is 17.3 Å². The average Bonchev–Trinajstić information content (AvgIpc) is 4.03. The van der Waals surface area contributed by atoms with Gasteiger partial charge in [-0.3, -0.25) is 0 Å². The number of carbonyl (C=O) groups excluding carboxylic acids is 1. The minimum atomic E-state index is -3.97. The highest BCUT2D eigenvalue weighted by molar-refractivity contribution is 7.89. The van der Waals surface area contributed by atoms with E-state index in [4.69, 9.17) is 15.1 Å². The number of nitrogens with two attached hydrogens (primary N) is 1. The summed E-state index contributed by atoms with van der Waals surface area (Å²) < 4.78 is 25.3. The number of fused-ring (bicyclic) bond motifs is 1. The summed E-state index contributed by atoms with van der Waals surface area (Å²) in [4.78, 5) is 30.5. The van der Waals surface area contributed by atoms with Crippen molar-refractivity contribution in [2.75, 3.05) is 35.2 Å². The number of nitrogens with one attached hydrogen (secondary N) is 3. The Hall–Kier alpha value is -6.46. The van der Waals surface area contributed by atoms with Crippen LogP contribution in [-0.2, 0) is 16.6 Å². The smallest absolute Gasteiger partial charge is 0.319 e. The molecule has 21 nitrogen and oxygen atoms in total. The molecule has 3 aromatic carbocycles. The number of amides is 2. The zero-order chi connectivity index (χ0) is 41.4. The summed E-state index contributed by atoms with van der Waals surface area (Å²) in [7, 11) is -3.97. The van der Waals surface area contributed by atoms with E-state index < -0.39 is 47.0 Å². The van der Waals surface area contributed by atoms with Crippen LogP contribution in [0.15, 0.2) is 84.0 Å². The van der Waals surface area contributed by atoms with Gasteiger partial charge in [-0.05, 0) is 71.6 Å². The van der Waals surface area contributed by atoms with Crippen molar-refractivity contribution in [3.8, 4) is 11.5 Å². The van der Waals surface area contributed by atoms with Crippen LogP contribution in [0.1, 0.15) is 47.8 Å². The molecule has 3 aromatic heterocycles. The second kappa shape index (κ2) is 16.1. The highest BCUT2D eigenvalue weighted by Gasteiger charge is 2.45. The maximum atomic E-state index is 13.0. The third-order valence-corrected chi connectivity index (χ3v) is 11.5. The van der Waals surface area contributed by atoms with Crippen LogP contribution in [0.4, 0.5) is 22.2 Å². The molecule has 0 radical (unpaired) electrons. The number of aliphatic hydroxyl groups excluding tert-OH is 3. The summed E-state index contributed by atoms with van der Waals surface area (Å²) >= 11 is 0. The number of hydrogen-bond acceptors (Lipinski definition) is 16. The van der Waals surface area contributed by atoms with Crippen molar-refractivity contribution < 1.29 is 38.7 Å². The van der Waals surface area contributed by atoms with E-state index in [9.17, 15) is 38.7 Å². The van der Waals surface area contributed by atoms with Gasteiger partial charge in [-0.15, -0.1) is 10.2 Å². The predicted octanol–water partition coefficient (Wildman–Crippen LogP) is 0.916. The van der Waals surface area contributed by atoms with Crippen LogP contribution >= 0.6 is 0 Å². The standard InChI is InChI=1S/C37H41N13O8S/c38-59(57,58)26-3-1-2-22(14-26)41-37(56)42-23-12-13-48(17-23)36-43-34(39-16-27(20-4-8-24(52)9-5-20)21-6-10-25(53)11-7-21)31-35(44-36)49(19-40-31)28-15-29(33(55)32(28)54)50-46-30(18-51)45-47-50/h1-11,14,19,23,27-29,32-33,51-55H,12-13,15-18H2,(H2,38,57,58)(H,39,43,44)(H2,41,42,56)/t23?,28-,29+,32+,33-/m1/s1. The highest BCUT2D eigenvalue weighted by Crippen LogP contribution is 2.40. The monoisotopic (exact) mass is 827 g/mol. The number of tetrazole rings is 1. The Bertz CT molecular complexity index is 2530. The van der Waals surface area contributed by atoms with E-state index in [0.29, 0.717) is 49.0 Å². The molecule has 2 aliphatic rings. The predicted molar refractivity (Wildman–Crippen MR) is 211 cm³/mol. The van der Waals surface area contributed by atoms with Gasteiger partial charge in [-0.2, -0.15) is 14.8 Å². The van der Waals surface area contributed by atoms with E-state index in [2.05, 4.69) is 36.3 Å². The molecular formula is C37H41N13O8S. The van der Waals surface area contributed by atoms with Gasteiger partial charge >= 0.3 is 6.03 Å². The van der Waals surface area contributed by atoms with Crippen LogP contribution in [0.5, 0.6) is 11.5 Å². The number of carbonyl (C=O) groups is 1. The molecule has 22 heteroatoms. The largest absolute Gasteiger partial charge is 0.508 e. The van der Waals surface area contributed by atoms with Gasteiger partial charge in [-0.25, -0.2) is 23.3 Å². The Morgan fingerprint density at radius 3 is 2.31 bits per heavy atom. The molecule has 2 fully saturated rings. The van der Waals surface area contributed by atoms with Crippen molar-refractivity contribution >= 4 is 44.7 Å². The van der Waals surface area contributed by atoms with Gasteiger partial charge < -0.3 is 51.0 Å². The van der Waals surface area contributed by atoms with Gasteiger partial charge in [0.1, 0.15) is 36.4 Å². The molecule has 1 unspecified atom stereocenters. The molecule has 10 N–H and O–H groups in total. The fraction of sp³-hybridized carbons (Fsp3) is 0.324. The third kappa shape index (κ3) is 8.29. The molecule has 0 spiro atoms. The van der Waals surface area contributed by atoms with Crippen LogP contribution in [0.3, 0.4) is 0 Å².